The monoisotopic (exact) mass is 429 g/mol. The number of nitrogens with zero attached hydrogens (tertiary/aromatic N) is 4. The van der Waals surface area contributed by atoms with Crippen LogP contribution in [-0.2, 0) is 6.18 Å². The van der Waals surface area contributed by atoms with E-state index in [2.05, 4.69) is 26.3 Å². The molecule has 30 heavy (non-hydrogen) atoms. The lowest BCUT2D eigenvalue weighted by Gasteiger charge is -2.16. The Kier molecular flexibility index (Phi) is 6.38. The number of alkyl halides is 5. The molecule has 0 spiro atoms. The third-order valence-electron chi connectivity index (χ3n) is 4.76. The average Bonchev–Trinajstić information content (AvgIpc) is 3.59. The number of allylic oxidation sites excluding steroid dienone is 1. The van der Waals surface area contributed by atoms with Gasteiger partial charge in [0.15, 0.2) is 0 Å². The van der Waals surface area contributed by atoms with E-state index < -0.39 is 30.5 Å². The molecule has 1 aromatic heterocycles. The predicted molar refractivity (Wildman–Crippen MR) is 99.7 cm³/mol. The first-order valence-corrected chi connectivity index (χ1v) is 9.32. The van der Waals surface area contributed by atoms with Crippen molar-refractivity contribution in [3.63, 3.8) is 0 Å². The molecule has 2 fully saturated rings. The highest BCUT2D eigenvalue weighted by Crippen LogP contribution is 2.39. The molecule has 2 aliphatic carbocycles. The van der Waals surface area contributed by atoms with Crippen molar-refractivity contribution < 1.29 is 22.0 Å². The summed E-state index contributed by atoms with van der Waals surface area (Å²) in [6, 6.07) is 2.19. The molecule has 1 heterocycles. The number of nitrogens with one attached hydrogen (secondary N) is 2. The van der Waals surface area contributed by atoms with Gasteiger partial charge in [0, 0.05) is 24.9 Å². The maximum Gasteiger partial charge on any atom is 0.421 e. The fourth-order valence-electron chi connectivity index (χ4n) is 2.88. The molecule has 0 aromatic carbocycles. The molecule has 7 nitrogen and oxygen atoms in total. The topological polar surface area (TPSA) is 112 Å². The normalized spacial score (nSPS) is 22.0. The number of aromatic nitrogens is 2. The van der Waals surface area contributed by atoms with Gasteiger partial charge in [-0.05, 0) is 25.2 Å². The van der Waals surface area contributed by atoms with E-state index in [1.807, 2.05) is 5.32 Å². The van der Waals surface area contributed by atoms with Gasteiger partial charge in [-0.1, -0.05) is 0 Å². The summed E-state index contributed by atoms with van der Waals surface area (Å²) in [6.07, 6.45) is -3.36. The summed E-state index contributed by atoms with van der Waals surface area (Å²) in [5.41, 5.74) is 5.42. The second-order valence-corrected chi connectivity index (χ2v) is 7.16. The second kappa shape index (κ2) is 8.81. The molecule has 2 saturated carbocycles. The van der Waals surface area contributed by atoms with Crippen LogP contribution in [0.2, 0.25) is 0 Å². The van der Waals surface area contributed by atoms with Gasteiger partial charge in [0.2, 0.25) is 5.95 Å². The third-order valence-corrected chi connectivity index (χ3v) is 4.76. The molecular formula is C18H20F5N7. The van der Waals surface area contributed by atoms with E-state index in [1.165, 1.54) is 6.20 Å². The van der Waals surface area contributed by atoms with Crippen molar-refractivity contribution in [1.29, 1.82) is 5.26 Å². The minimum absolute atomic E-state index is 0.00539. The van der Waals surface area contributed by atoms with E-state index in [9.17, 15) is 22.0 Å². The van der Waals surface area contributed by atoms with Gasteiger partial charge < -0.3 is 16.4 Å². The largest absolute Gasteiger partial charge is 0.421 e. The molecule has 162 valence electrons. The Bertz CT molecular complexity index is 871. The fraction of sp³-hybridized carbons (Fsp3) is 0.556. The molecule has 2 aliphatic rings. The van der Waals surface area contributed by atoms with Crippen molar-refractivity contribution >= 4 is 17.5 Å². The molecule has 1 aromatic rings. The SMILES string of the molecule is N#CC1C[C@@H]1CN=C(/C(=C\N)Nc1ncc(C(F)(F)F)c(NCC(F)F)n1)C1CC1. The summed E-state index contributed by atoms with van der Waals surface area (Å²) in [5, 5.41) is 13.7. The minimum atomic E-state index is -4.81. The second-order valence-electron chi connectivity index (χ2n) is 7.16. The van der Waals surface area contributed by atoms with Crippen molar-refractivity contribution in [3.8, 4) is 6.07 Å². The van der Waals surface area contributed by atoms with Gasteiger partial charge in [-0.15, -0.1) is 0 Å². The van der Waals surface area contributed by atoms with Crippen LogP contribution in [0.3, 0.4) is 0 Å². The Morgan fingerprint density at radius 1 is 1.40 bits per heavy atom. The molecule has 0 amide bonds. The van der Waals surface area contributed by atoms with Crippen molar-refractivity contribution in [2.45, 2.75) is 31.9 Å². The van der Waals surface area contributed by atoms with Gasteiger partial charge in [0.1, 0.15) is 11.4 Å². The van der Waals surface area contributed by atoms with Crippen LogP contribution in [0, 0.1) is 29.1 Å². The zero-order valence-electron chi connectivity index (χ0n) is 15.8. The maximum atomic E-state index is 13.1. The Labute approximate surface area is 169 Å². The first-order valence-electron chi connectivity index (χ1n) is 9.32. The van der Waals surface area contributed by atoms with Crippen LogP contribution in [-0.4, -0.2) is 35.2 Å². The minimum Gasteiger partial charge on any atom is -0.403 e. The van der Waals surface area contributed by atoms with Crippen molar-refractivity contribution in [2.75, 3.05) is 23.7 Å². The molecular weight excluding hydrogens is 409 g/mol. The van der Waals surface area contributed by atoms with E-state index in [0.29, 0.717) is 24.2 Å². The van der Waals surface area contributed by atoms with Gasteiger partial charge in [-0.3, -0.25) is 4.99 Å². The maximum absolute atomic E-state index is 13.1. The molecule has 2 atom stereocenters. The van der Waals surface area contributed by atoms with Crippen LogP contribution in [0.1, 0.15) is 24.8 Å². The van der Waals surface area contributed by atoms with Gasteiger partial charge >= 0.3 is 6.18 Å². The highest BCUT2D eigenvalue weighted by molar-refractivity contribution is 6.05. The third kappa shape index (κ3) is 5.55. The lowest BCUT2D eigenvalue weighted by molar-refractivity contribution is -0.137. The summed E-state index contributed by atoms with van der Waals surface area (Å²) in [7, 11) is 0. The first kappa shape index (κ1) is 21.7. The highest BCUT2D eigenvalue weighted by atomic mass is 19.4. The Hall–Kier alpha value is -2.97. The molecule has 0 bridgehead atoms. The number of anilines is 2. The van der Waals surface area contributed by atoms with Crippen LogP contribution in [0.15, 0.2) is 23.1 Å². The Morgan fingerprint density at radius 3 is 2.67 bits per heavy atom. The molecule has 0 radical (unpaired) electrons. The van der Waals surface area contributed by atoms with E-state index in [1.54, 1.807) is 0 Å². The van der Waals surface area contributed by atoms with Gasteiger partial charge in [-0.2, -0.15) is 23.4 Å². The molecule has 4 N–H and O–H groups in total. The summed E-state index contributed by atoms with van der Waals surface area (Å²) in [5.74, 6) is -0.649. The number of hydrogen-bond acceptors (Lipinski definition) is 7. The number of halogens is 5. The number of nitrogens with two attached hydrogens (primary N) is 1. The van der Waals surface area contributed by atoms with Crippen molar-refractivity contribution in [2.24, 2.45) is 28.5 Å². The lowest BCUT2D eigenvalue weighted by Crippen LogP contribution is -2.21. The summed E-state index contributed by atoms with van der Waals surface area (Å²) < 4.78 is 64.3. The fourth-order valence-corrected chi connectivity index (χ4v) is 2.88. The molecule has 3 rings (SSSR count). The lowest BCUT2D eigenvalue weighted by atomic mass is 10.2. The Balaban J connectivity index is 1.79. The standard InChI is InChI=1S/C18H20F5N7/c19-14(20)8-27-16-12(18(21,22)23)7-28-17(30-16)29-13(5-25)15(9-1-2-9)26-6-11-3-10(11)4-24/h5,7,9-11,14H,1-3,6,8,25H2,(H2,27,28,29,30)/b13-5+,26-15?/t10?,11-/m1/s1. The summed E-state index contributed by atoms with van der Waals surface area (Å²) in [4.78, 5) is 11.9. The summed E-state index contributed by atoms with van der Waals surface area (Å²) in [6.45, 7) is -0.534. The zero-order valence-corrected chi connectivity index (χ0v) is 15.8. The quantitative estimate of drug-likeness (QED) is 0.410. The van der Waals surface area contributed by atoms with E-state index in [-0.39, 0.29) is 23.7 Å². The van der Waals surface area contributed by atoms with Crippen molar-refractivity contribution in [1.82, 2.24) is 9.97 Å². The van der Waals surface area contributed by atoms with Crippen LogP contribution in [0.4, 0.5) is 33.7 Å². The van der Waals surface area contributed by atoms with E-state index >= 15 is 0 Å². The van der Waals surface area contributed by atoms with Crippen LogP contribution in [0.5, 0.6) is 0 Å². The van der Waals surface area contributed by atoms with E-state index in [4.69, 9.17) is 11.0 Å². The Morgan fingerprint density at radius 2 is 2.13 bits per heavy atom. The number of nitriles is 1. The smallest absolute Gasteiger partial charge is 0.403 e. The molecule has 0 aliphatic heterocycles. The first-order chi connectivity index (χ1) is 14.2. The van der Waals surface area contributed by atoms with E-state index in [0.717, 1.165) is 19.3 Å². The highest BCUT2D eigenvalue weighted by Gasteiger charge is 2.38. The summed E-state index contributed by atoms with van der Waals surface area (Å²) >= 11 is 0. The number of rotatable bonds is 9. The van der Waals surface area contributed by atoms with Gasteiger partial charge in [0.05, 0.1) is 29.9 Å². The average molecular weight is 429 g/mol. The molecule has 12 heteroatoms. The molecule has 1 unspecified atom stereocenters. The van der Waals surface area contributed by atoms with Crippen LogP contribution >= 0.6 is 0 Å². The van der Waals surface area contributed by atoms with Crippen LogP contribution < -0.4 is 16.4 Å². The molecule has 0 saturated heterocycles. The predicted octanol–water partition coefficient (Wildman–Crippen LogP) is 3.40. The van der Waals surface area contributed by atoms with Gasteiger partial charge in [-0.25, -0.2) is 13.8 Å². The van der Waals surface area contributed by atoms with Gasteiger partial charge in [0.25, 0.3) is 6.43 Å². The van der Waals surface area contributed by atoms with Crippen LogP contribution in [0.25, 0.3) is 0 Å². The van der Waals surface area contributed by atoms with Crippen molar-refractivity contribution in [3.05, 3.63) is 23.7 Å². The zero-order chi connectivity index (χ0) is 21.9. The number of aliphatic imine (C=N–C) groups is 1. The number of hydrogen-bond donors (Lipinski definition) is 3.